The molecule has 0 unspecified atom stereocenters. The maximum absolute atomic E-state index is 14.3. The van der Waals surface area contributed by atoms with E-state index in [9.17, 15) is 4.39 Å². The second-order valence-corrected chi connectivity index (χ2v) is 11.2. The van der Waals surface area contributed by atoms with Crippen LogP contribution < -0.4 is 0 Å². The van der Waals surface area contributed by atoms with E-state index in [-0.39, 0.29) is 5.82 Å². The highest BCUT2D eigenvalue weighted by Gasteiger charge is 2.18. The third-order valence-corrected chi connectivity index (χ3v) is 8.14. The summed E-state index contributed by atoms with van der Waals surface area (Å²) in [4.78, 5) is 8.12. The van der Waals surface area contributed by atoms with Gasteiger partial charge in [-0.2, -0.15) is 5.10 Å². The van der Waals surface area contributed by atoms with Crippen LogP contribution in [0.2, 0.25) is 0 Å². The van der Waals surface area contributed by atoms with E-state index in [1.807, 2.05) is 38.4 Å². The van der Waals surface area contributed by atoms with E-state index in [0.717, 1.165) is 73.7 Å². The number of nitrogens with one attached hydrogen (secondary N) is 2. The minimum atomic E-state index is -0.249. The van der Waals surface area contributed by atoms with Gasteiger partial charge in [0.25, 0.3) is 0 Å². The lowest BCUT2D eigenvalue weighted by molar-refractivity contribution is 0.356. The maximum atomic E-state index is 14.3. The topological polar surface area (TPSA) is 57.4 Å². The highest BCUT2D eigenvalue weighted by Crippen LogP contribution is 2.35. The zero-order valence-corrected chi connectivity index (χ0v) is 23.2. The lowest BCUT2D eigenvalue weighted by atomic mass is 9.85. The highest BCUT2D eigenvalue weighted by molar-refractivity contribution is 5.96. The highest BCUT2D eigenvalue weighted by atomic mass is 19.1. The van der Waals surface area contributed by atoms with Crippen LogP contribution in [0.25, 0.3) is 39.0 Å². The molecule has 40 heavy (non-hydrogen) atoms. The van der Waals surface area contributed by atoms with Crippen LogP contribution >= 0.6 is 0 Å². The van der Waals surface area contributed by atoms with E-state index in [4.69, 9.17) is 0 Å². The average Bonchev–Trinajstić information content (AvgIpc) is 3.54. The summed E-state index contributed by atoms with van der Waals surface area (Å²) >= 11 is 0. The fraction of sp³-hybridized carbons (Fsp3) is 0.257. The average molecular weight is 531 g/mol. The van der Waals surface area contributed by atoms with E-state index in [2.05, 4.69) is 57.1 Å². The molecule has 1 fully saturated rings. The number of hydrogen-bond acceptors (Lipinski definition) is 2. The van der Waals surface area contributed by atoms with Crippen LogP contribution in [0.15, 0.2) is 79.7 Å². The van der Waals surface area contributed by atoms with Crippen molar-refractivity contribution in [2.24, 2.45) is 5.92 Å². The van der Waals surface area contributed by atoms with Crippen molar-refractivity contribution in [1.29, 1.82) is 0 Å². The molecule has 4 nitrogen and oxygen atoms in total. The number of benzene rings is 2. The van der Waals surface area contributed by atoms with Crippen LogP contribution in [0.1, 0.15) is 60.1 Å². The first-order chi connectivity index (χ1) is 19.5. The van der Waals surface area contributed by atoms with Crippen molar-refractivity contribution >= 4 is 16.5 Å². The van der Waals surface area contributed by atoms with Crippen LogP contribution in [0, 0.1) is 25.6 Å². The third kappa shape index (κ3) is 5.29. The van der Waals surface area contributed by atoms with Crippen LogP contribution in [0.5, 0.6) is 0 Å². The number of nitrogens with zero attached hydrogens (tertiary/aromatic N) is 2. The SMILES string of the molecule is C=C/C=C(/c1cc(C)cc(F)c1)c1cc(-c2n[nH]c3ccc(-c4cncc(CC5CCCCC5)c4)cc23)[nH]c1C. The van der Waals surface area contributed by atoms with Gasteiger partial charge in [0.2, 0.25) is 0 Å². The standard InChI is InChI=1S/C35H35FN4/c1-4-8-30(27-13-22(2)14-29(36)17-27)31-19-34(38-23(31)3)35-32-18-26(11-12-33(32)39-40-35)28-16-25(20-37-21-28)15-24-9-6-5-7-10-24/h4,8,11-14,16-21,24,38H,1,5-7,9-10,15H2,2-3H3,(H,39,40)/b30-8-. The van der Waals surface area contributed by atoms with E-state index in [1.54, 1.807) is 18.2 Å². The van der Waals surface area contributed by atoms with Gasteiger partial charge in [-0.1, -0.05) is 63.0 Å². The van der Waals surface area contributed by atoms with Gasteiger partial charge in [-0.3, -0.25) is 10.1 Å². The predicted octanol–water partition coefficient (Wildman–Crippen LogP) is 9.12. The Bertz CT molecular complexity index is 1690. The molecule has 2 aromatic carbocycles. The smallest absolute Gasteiger partial charge is 0.124 e. The van der Waals surface area contributed by atoms with Gasteiger partial charge in [0.15, 0.2) is 0 Å². The van der Waals surface area contributed by atoms with Crippen LogP contribution in [0.4, 0.5) is 4.39 Å². The molecule has 3 heterocycles. The zero-order valence-electron chi connectivity index (χ0n) is 23.2. The summed E-state index contributed by atoms with van der Waals surface area (Å²) < 4.78 is 14.3. The largest absolute Gasteiger partial charge is 0.357 e. The summed E-state index contributed by atoms with van der Waals surface area (Å²) in [5, 5.41) is 8.92. The van der Waals surface area contributed by atoms with Crippen molar-refractivity contribution in [2.75, 3.05) is 0 Å². The molecule has 0 amide bonds. The molecule has 3 aromatic heterocycles. The lowest BCUT2D eigenvalue weighted by Gasteiger charge is -2.21. The molecular weight excluding hydrogens is 495 g/mol. The Kier molecular flexibility index (Phi) is 7.21. The third-order valence-electron chi connectivity index (χ3n) is 8.14. The van der Waals surface area contributed by atoms with E-state index in [0.29, 0.717) is 0 Å². The predicted molar refractivity (Wildman–Crippen MR) is 163 cm³/mol. The Morgan fingerprint density at radius 2 is 1.85 bits per heavy atom. The molecule has 0 radical (unpaired) electrons. The Labute approximate surface area is 235 Å². The molecule has 5 aromatic rings. The normalized spacial score (nSPS) is 14.6. The molecule has 1 saturated carbocycles. The summed E-state index contributed by atoms with van der Waals surface area (Å²) in [5.74, 6) is 0.525. The fourth-order valence-electron chi connectivity index (χ4n) is 6.20. The molecule has 0 saturated heterocycles. The lowest BCUT2D eigenvalue weighted by Crippen LogP contribution is -2.09. The second kappa shape index (κ2) is 11.1. The minimum absolute atomic E-state index is 0.249. The first-order valence-electron chi connectivity index (χ1n) is 14.2. The van der Waals surface area contributed by atoms with Crippen molar-refractivity contribution < 1.29 is 4.39 Å². The van der Waals surface area contributed by atoms with Gasteiger partial charge in [0.05, 0.1) is 11.2 Å². The molecule has 1 aliphatic rings. The monoisotopic (exact) mass is 530 g/mol. The Hall–Kier alpha value is -4.25. The van der Waals surface area contributed by atoms with Crippen LogP contribution in [0.3, 0.4) is 0 Å². The number of allylic oxidation sites excluding steroid dienone is 2. The fourth-order valence-corrected chi connectivity index (χ4v) is 6.20. The number of rotatable bonds is 7. The minimum Gasteiger partial charge on any atom is -0.357 e. The zero-order chi connectivity index (χ0) is 27.6. The first kappa shape index (κ1) is 26.0. The molecule has 5 heteroatoms. The summed E-state index contributed by atoms with van der Waals surface area (Å²) in [6.45, 7) is 7.84. The molecule has 202 valence electrons. The van der Waals surface area contributed by atoms with Crippen LogP contribution in [-0.4, -0.2) is 20.2 Å². The van der Waals surface area contributed by atoms with E-state index >= 15 is 0 Å². The van der Waals surface area contributed by atoms with Gasteiger partial charge in [0, 0.05) is 34.6 Å². The van der Waals surface area contributed by atoms with Crippen molar-refractivity contribution in [1.82, 2.24) is 20.2 Å². The summed E-state index contributed by atoms with van der Waals surface area (Å²) in [7, 11) is 0. The van der Waals surface area contributed by atoms with Crippen molar-refractivity contribution in [3.8, 4) is 22.5 Å². The van der Waals surface area contributed by atoms with Gasteiger partial charge < -0.3 is 4.98 Å². The Balaban J connectivity index is 1.35. The first-order valence-corrected chi connectivity index (χ1v) is 14.2. The second-order valence-electron chi connectivity index (χ2n) is 11.2. The number of fused-ring (bicyclic) bond motifs is 1. The maximum Gasteiger partial charge on any atom is 0.124 e. The number of aromatic amines is 2. The number of aromatic nitrogens is 4. The van der Waals surface area contributed by atoms with E-state index in [1.165, 1.54) is 37.7 Å². The van der Waals surface area contributed by atoms with Crippen molar-refractivity contribution in [3.63, 3.8) is 0 Å². The van der Waals surface area contributed by atoms with Gasteiger partial charge in [-0.25, -0.2) is 4.39 Å². The van der Waals surface area contributed by atoms with Crippen LogP contribution in [-0.2, 0) is 6.42 Å². The van der Waals surface area contributed by atoms with Gasteiger partial charge in [0.1, 0.15) is 11.5 Å². The number of hydrogen-bond donors (Lipinski definition) is 2. The molecule has 0 bridgehead atoms. The Morgan fingerprint density at radius 3 is 2.65 bits per heavy atom. The molecule has 1 aliphatic carbocycles. The molecule has 0 spiro atoms. The number of H-pyrrole nitrogens is 2. The Morgan fingerprint density at radius 1 is 1.00 bits per heavy atom. The van der Waals surface area contributed by atoms with Gasteiger partial charge in [-0.15, -0.1) is 0 Å². The molecule has 6 rings (SSSR count). The molecule has 0 aliphatic heterocycles. The molecule has 2 N–H and O–H groups in total. The number of aryl methyl sites for hydroxylation is 2. The molecule has 0 atom stereocenters. The summed E-state index contributed by atoms with van der Waals surface area (Å²) in [6, 6.07) is 15.9. The quantitative estimate of drug-likeness (QED) is 0.206. The summed E-state index contributed by atoms with van der Waals surface area (Å²) in [5.41, 5.74) is 10.9. The van der Waals surface area contributed by atoms with Crippen molar-refractivity contribution in [3.05, 3.63) is 113 Å². The van der Waals surface area contributed by atoms with Gasteiger partial charge >= 0.3 is 0 Å². The van der Waals surface area contributed by atoms with Crippen molar-refractivity contribution in [2.45, 2.75) is 52.4 Å². The summed E-state index contributed by atoms with van der Waals surface area (Å²) in [6.07, 6.45) is 15.5. The van der Waals surface area contributed by atoms with Gasteiger partial charge in [-0.05, 0) is 90.4 Å². The number of halogens is 1. The van der Waals surface area contributed by atoms with E-state index < -0.39 is 0 Å². The molecular formula is C35H35FN4. The number of pyridine rings is 1.